The summed E-state index contributed by atoms with van der Waals surface area (Å²) in [4.78, 5) is 17.3. The summed E-state index contributed by atoms with van der Waals surface area (Å²) in [5.74, 6) is 5.10. The fourth-order valence-corrected chi connectivity index (χ4v) is 10.3. The molecule has 5 unspecified atom stereocenters. The second kappa shape index (κ2) is 10.3. The Morgan fingerprint density at radius 1 is 0.943 bits per heavy atom. The van der Waals surface area contributed by atoms with E-state index in [1.807, 2.05) is 0 Å². The van der Waals surface area contributed by atoms with Crippen molar-refractivity contribution in [3.8, 4) is 0 Å². The summed E-state index contributed by atoms with van der Waals surface area (Å²) in [6.45, 7) is 12.0. The Bertz CT molecular complexity index is 752. The van der Waals surface area contributed by atoms with Crippen molar-refractivity contribution in [2.75, 3.05) is 39.3 Å². The Hall–Kier alpha value is -0.650. The fourth-order valence-electron chi connectivity index (χ4n) is 10.3. The van der Waals surface area contributed by atoms with Gasteiger partial charge in [0, 0.05) is 39.1 Å². The van der Waals surface area contributed by atoms with Crippen molar-refractivity contribution in [3.63, 3.8) is 0 Å². The van der Waals surface area contributed by atoms with Gasteiger partial charge in [-0.05, 0) is 111 Å². The van der Waals surface area contributed by atoms with E-state index in [1.54, 1.807) is 0 Å². The lowest BCUT2D eigenvalue weighted by Crippen LogP contribution is -2.54. The Kier molecular flexibility index (Phi) is 7.61. The average molecular weight is 489 g/mol. The molecular formula is C30H52N2O3. The van der Waals surface area contributed by atoms with Crippen molar-refractivity contribution in [1.29, 1.82) is 0 Å². The number of fused-ring (bicyclic) bond motifs is 5. The van der Waals surface area contributed by atoms with E-state index < -0.39 is 0 Å². The highest BCUT2D eigenvalue weighted by Gasteiger charge is 2.60. The van der Waals surface area contributed by atoms with Crippen molar-refractivity contribution < 1.29 is 15.0 Å². The number of carbonyl (C=O) groups is 1. The topological polar surface area (TPSA) is 64.0 Å². The molecule has 0 aromatic heterocycles. The van der Waals surface area contributed by atoms with Gasteiger partial charge < -0.3 is 15.1 Å². The molecule has 1 amide bonds. The van der Waals surface area contributed by atoms with Gasteiger partial charge in [0.15, 0.2) is 0 Å². The van der Waals surface area contributed by atoms with Gasteiger partial charge in [-0.1, -0.05) is 20.8 Å². The summed E-state index contributed by atoms with van der Waals surface area (Å²) >= 11 is 0. The van der Waals surface area contributed by atoms with Gasteiger partial charge in [-0.3, -0.25) is 9.69 Å². The molecule has 5 nitrogen and oxygen atoms in total. The molecular weight excluding hydrogens is 436 g/mol. The predicted molar refractivity (Wildman–Crippen MR) is 140 cm³/mol. The molecule has 35 heavy (non-hydrogen) atoms. The van der Waals surface area contributed by atoms with Gasteiger partial charge in [-0.2, -0.15) is 0 Å². The minimum absolute atomic E-state index is 0.0534. The maximum Gasteiger partial charge on any atom is 0.222 e. The van der Waals surface area contributed by atoms with Gasteiger partial charge in [0.2, 0.25) is 5.91 Å². The molecule has 5 heteroatoms. The smallest absolute Gasteiger partial charge is 0.222 e. The first kappa shape index (κ1) is 26.0. The third-order valence-electron chi connectivity index (χ3n) is 12.4. The molecule has 5 fully saturated rings. The van der Waals surface area contributed by atoms with E-state index in [0.717, 1.165) is 81.6 Å². The van der Waals surface area contributed by atoms with Crippen LogP contribution in [0, 0.1) is 46.3 Å². The van der Waals surface area contributed by atoms with Crippen LogP contribution in [0.4, 0.5) is 0 Å². The number of aliphatic hydroxyl groups excluding tert-OH is 2. The normalized spacial score (nSPS) is 44.9. The predicted octanol–water partition coefficient (Wildman–Crippen LogP) is 4.56. The quantitative estimate of drug-likeness (QED) is 0.575. The zero-order valence-electron chi connectivity index (χ0n) is 22.8. The Balaban J connectivity index is 1.17. The van der Waals surface area contributed by atoms with Gasteiger partial charge in [0.1, 0.15) is 0 Å². The maximum atomic E-state index is 13.0. The molecule has 9 atom stereocenters. The first-order valence-corrected chi connectivity index (χ1v) is 15.1. The lowest BCUT2D eigenvalue weighted by Gasteiger charge is -2.61. The van der Waals surface area contributed by atoms with Crippen molar-refractivity contribution in [3.05, 3.63) is 0 Å². The Morgan fingerprint density at radius 2 is 1.66 bits per heavy atom. The first-order chi connectivity index (χ1) is 16.8. The minimum Gasteiger partial charge on any atom is -0.395 e. The van der Waals surface area contributed by atoms with E-state index in [4.69, 9.17) is 5.11 Å². The zero-order chi connectivity index (χ0) is 24.8. The summed E-state index contributed by atoms with van der Waals surface area (Å²) in [6.07, 6.45) is 13.2. The third kappa shape index (κ3) is 4.72. The summed E-state index contributed by atoms with van der Waals surface area (Å²) in [5.41, 5.74) is 0.914. The highest BCUT2D eigenvalue weighted by molar-refractivity contribution is 5.76. The largest absolute Gasteiger partial charge is 0.395 e. The van der Waals surface area contributed by atoms with Crippen molar-refractivity contribution in [2.45, 2.75) is 97.5 Å². The number of amides is 1. The van der Waals surface area contributed by atoms with E-state index in [2.05, 4.69) is 30.6 Å². The molecule has 5 aliphatic rings. The van der Waals surface area contributed by atoms with Crippen LogP contribution in [0.25, 0.3) is 0 Å². The van der Waals surface area contributed by atoms with E-state index in [-0.39, 0.29) is 12.7 Å². The van der Waals surface area contributed by atoms with Crippen LogP contribution in [0.5, 0.6) is 0 Å². The van der Waals surface area contributed by atoms with Crippen molar-refractivity contribution >= 4 is 5.91 Å². The van der Waals surface area contributed by atoms with Crippen LogP contribution >= 0.6 is 0 Å². The van der Waals surface area contributed by atoms with Crippen molar-refractivity contribution in [1.82, 2.24) is 9.80 Å². The van der Waals surface area contributed by atoms with E-state index in [0.29, 0.717) is 29.1 Å². The lowest BCUT2D eigenvalue weighted by atomic mass is 9.44. The number of rotatable bonds is 6. The third-order valence-corrected chi connectivity index (χ3v) is 12.4. The molecule has 200 valence electrons. The average Bonchev–Trinajstić information content (AvgIpc) is 3.21. The van der Waals surface area contributed by atoms with Crippen LogP contribution in [-0.2, 0) is 4.79 Å². The van der Waals surface area contributed by atoms with Crippen LogP contribution < -0.4 is 0 Å². The van der Waals surface area contributed by atoms with Gasteiger partial charge in [-0.25, -0.2) is 0 Å². The SMILES string of the molecule is C[C@H](CCC(=O)N1CCN(CCO)CC1)C1CCC2C3CCC4C[C@H](O)CC[C@]4(C)C3CC[C@@]21C. The summed E-state index contributed by atoms with van der Waals surface area (Å²) in [7, 11) is 0. The van der Waals surface area contributed by atoms with Crippen LogP contribution in [0.15, 0.2) is 0 Å². The second-order valence-electron chi connectivity index (χ2n) is 13.8. The summed E-state index contributed by atoms with van der Waals surface area (Å²) in [5, 5.41) is 19.5. The number of hydrogen-bond donors (Lipinski definition) is 2. The monoisotopic (exact) mass is 488 g/mol. The van der Waals surface area contributed by atoms with Gasteiger partial charge in [0.05, 0.1) is 12.7 Å². The molecule has 4 aliphatic carbocycles. The molecule has 1 aliphatic heterocycles. The molecule has 2 N–H and O–H groups in total. The first-order valence-electron chi connectivity index (χ1n) is 15.1. The molecule has 4 saturated carbocycles. The number of nitrogens with zero attached hydrogens (tertiary/aromatic N) is 2. The number of hydrogen-bond acceptors (Lipinski definition) is 4. The zero-order valence-corrected chi connectivity index (χ0v) is 22.8. The number of β-amino-alcohol motifs (C(OH)–C–C–N with tert-alkyl or cyclic N) is 1. The van der Waals surface area contributed by atoms with Gasteiger partial charge in [0.25, 0.3) is 0 Å². The Labute approximate surface area is 214 Å². The van der Waals surface area contributed by atoms with Crippen LogP contribution in [0.3, 0.4) is 0 Å². The minimum atomic E-state index is -0.0534. The van der Waals surface area contributed by atoms with Crippen LogP contribution in [-0.4, -0.2) is 71.4 Å². The van der Waals surface area contributed by atoms with E-state index in [9.17, 15) is 9.90 Å². The summed E-state index contributed by atoms with van der Waals surface area (Å²) < 4.78 is 0. The fraction of sp³-hybridized carbons (Fsp3) is 0.967. The number of aliphatic hydroxyl groups is 2. The highest BCUT2D eigenvalue weighted by atomic mass is 16.3. The molecule has 0 radical (unpaired) electrons. The van der Waals surface area contributed by atoms with Crippen LogP contribution in [0.1, 0.15) is 91.4 Å². The summed E-state index contributed by atoms with van der Waals surface area (Å²) in [6, 6.07) is 0. The molecule has 0 aromatic carbocycles. The second-order valence-corrected chi connectivity index (χ2v) is 13.8. The molecule has 1 saturated heterocycles. The van der Waals surface area contributed by atoms with E-state index >= 15 is 0 Å². The molecule has 0 bridgehead atoms. The molecule has 5 rings (SSSR count). The van der Waals surface area contributed by atoms with Crippen LogP contribution in [0.2, 0.25) is 0 Å². The molecule has 0 aromatic rings. The lowest BCUT2D eigenvalue weighted by molar-refractivity contribution is -0.134. The maximum absolute atomic E-state index is 13.0. The van der Waals surface area contributed by atoms with Gasteiger partial charge >= 0.3 is 0 Å². The van der Waals surface area contributed by atoms with Crippen molar-refractivity contribution in [2.24, 2.45) is 46.3 Å². The Morgan fingerprint density at radius 3 is 2.40 bits per heavy atom. The number of carbonyl (C=O) groups excluding carboxylic acids is 1. The molecule has 1 heterocycles. The van der Waals surface area contributed by atoms with Gasteiger partial charge in [-0.15, -0.1) is 0 Å². The van der Waals surface area contributed by atoms with E-state index in [1.165, 1.54) is 44.9 Å². The number of piperazine rings is 1. The molecule has 0 spiro atoms. The standard InChI is InChI=1S/C30H52N2O3/c1-21(4-9-28(35)32-16-14-31(15-17-32)18-19-33)25-7-8-26-24-6-5-22-20-23(34)10-12-29(22,2)27(24)11-13-30(25,26)3/h21-27,33-34H,4-20H2,1-3H3/t21-,22?,23-,24?,25?,26?,27?,29+,30-/m1/s1. The highest BCUT2D eigenvalue weighted by Crippen LogP contribution is 2.68.